The molecule has 1 aromatic heterocycles. The van der Waals surface area contributed by atoms with Crippen LogP contribution in [0, 0.1) is 0 Å². The molecule has 110 heavy (non-hydrogen) atoms. The molecular weight excluding hydrogens is 1510 g/mol. The maximum atomic E-state index is 13.8. The number of carbonyl (C=O) groups excluding carboxylic acids is 5. The lowest BCUT2D eigenvalue weighted by molar-refractivity contribution is -0.403. The first-order valence-electron chi connectivity index (χ1n) is 37.3. The topological polar surface area (TPSA) is 609 Å². The van der Waals surface area contributed by atoms with E-state index in [1.165, 1.54) is 75.3 Å². The first-order valence-corrected chi connectivity index (χ1v) is 39.3. The lowest BCUT2D eigenvalue weighted by atomic mass is 9.88. The number of hydrogen-bond acceptors (Lipinski definition) is 36. The number of unbranched alkanes of at least 4 members (excludes halogenated alkanes) is 14. The molecule has 28 atom stereocenters. The van der Waals surface area contributed by atoms with Gasteiger partial charge in [-0.3, -0.25) is 19.2 Å². The van der Waals surface area contributed by atoms with Crippen molar-refractivity contribution in [3.05, 3.63) is 17.0 Å². The zero-order valence-electron chi connectivity index (χ0n) is 62.2. The molecule has 0 radical (unpaired) electrons. The van der Waals surface area contributed by atoms with Crippen LogP contribution in [-0.2, 0) is 76.1 Å². The molecular formula is C69H115N5O34S2. The second-order valence-corrected chi connectivity index (χ2v) is 29.8. The van der Waals surface area contributed by atoms with Crippen molar-refractivity contribution in [2.75, 3.05) is 57.8 Å². The molecule has 41 heteroatoms. The van der Waals surface area contributed by atoms with E-state index in [0.29, 0.717) is 17.2 Å². The summed E-state index contributed by atoms with van der Waals surface area (Å²) in [5, 5.41) is 199. The van der Waals surface area contributed by atoms with E-state index in [9.17, 15) is 116 Å². The summed E-state index contributed by atoms with van der Waals surface area (Å²) in [6.07, 6.45) is -32.1. The van der Waals surface area contributed by atoms with Crippen LogP contribution in [0.15, 0.2) is 16.5 Å². The van der Waals surface area contributed by atoms with Crippen molar-refractivity contribution >= 4 is 64.5 Å². The Hall–Kier alpha value is -4.50. The molecule has 5 aliphatic heterocycles. The fourth-order valence-electron chi connectivity index (χ4n) is 13.5. The fourth-order valence-corrected chi connectivity index (χ4v) is 14.9. The van der Waals surface area contributed by atoms with Gasteiger partial charge in [-0.25, -0.2) is 14.6 Å². The number of thiazole rings is 1. The number of nitrogens with zero attached hydrogens (tertiary/aromatic N) is 1. The van der Waals surface area contributed by atoms with Gasteiger partial charge in [0.1, 0.15) is 116 Å². The SMILES string of the molecule is CCCCCCCCCCCCCCCCCC(=O)N[C@@H](CO[C@@H]1O[C@H](CO)[C@@H](O[C@@H]2O[C@H](CO)[C@H](O[C@@H]3O[C@H](CO)[C@H](O)[C@H](O[C@@H]4O[C@H](CO)[C@H](O)[C@H](O)[C@H]4O)[C@H]3NC(C)=O)[C@H](O[C@]3(C(=O)O)C[C@H](O)C(NC(C)=O)C([C@H](O)[C@H](O)CO)O3)[C@H]2O)[C@H](O)[C@H]1O)[C@H](O)/C=C/CC(=O)Nc1nc(SC)sc1C(=O)OCC. The standard InChI is InChI=1S/C69H115N5O34S2/c1-6-8-9-10-11-12-13-14-15-16-17-18-19-20-21-24-43(85)72-35(36(82)23-22-25-44(86)73-61-60(62(95)98-7-2)110-68(74-61)109-5)32-99-64-53(93)51(91)55(41(30-78)102-64)104-66-54(94)59(108-69(67(96)97)26-37(83)45(70-33(3)80)58(107-69)47(87)38(84)27-75)56(42(31-79)103-66)105-63-46(71-34(4)81)57(49(89)40(29-77)100-63)106-65-52(92)50(90)48(88)39(28-76)101-65/h22-23,35-42,45-59,63-66,75-79,82-84,87-94H,6-21,24-32H2,1-5H3,(H,70,80)(H,71,81)(H,72,85)(H,73,86)(H,96,97)/b23-22+/t35-,36+,37-,38+,39+,40+,41+,42+,45?,46+,47+,48-,49-,50-,51+,52+,53+,54+,55+,56-,57+,58?,59+,63-,64+,65-,66-,69-/m0/s1. The van der Waals surface area contributed by atoms with Gasteiger partial charge in [0.05, 0.1) is 70.5 Å². The summed E-state index contributed by atoms with van der Waals surface area (Å²) < 4.78 is 65.3. The molecule has 0 saturated carbocycles. The Balaban J connectivity index is 1.26. The van der Waals surface area contributed by atoms with Crippen molar-refractivity contribution in [2.24, 2.45) is 0 Å². The zero-order chi connectivity index (χ0) is 81.1. The number of anilines is 1. The van der Waals surface area contributed by atoms with Gasteiger partial charge in [-0.1, -0.05) is 132 Å². The Bertz CT molecular complexity index is 2990. The van der Waals surface area contributed by atoms with Crippen molar-refractivity contribution in [2.45, 2.75) is 319 Å². The second kappa shape index (κ2) is 46.9. The molecule has 5 saturated heterocycles. The number of amides is 4. The van der Waals surface area contributed by atoms with Crippen LogP contribution in [0.4, 0.5) is 5.82 Å². The minimum absolute atomic E-state index is 0.00784. The Kier molecular flexibility index (Phi) is 40.2. The second-order valence-electron chi connectivity index (χ2n) is 27.8. The molecule has 0 bridgehead atoms. The highest BCUT2D eigenvalue weighted by Gasteiger charge is 2.62. The van der Waals surface area contributed by atoms with Gasteiger partial charge < -0.3 is 160 Å². The summed E-state index contributed by atoms with van der Waals surface area (Å²) in [7, 11) is 0. The predicted octanol–water partition coefficient (Wildman–Crippen LogP) is -4.36. The Labute approximate surface area is 644 Å². The van der Waals surface area contributed by atoms with Crippen LogP contribution in [-0.4, -0.2) is 351 Å². The summed E-state index contributed by atoms with van der Waals surface area (Å²) in [5.74, 6) is -9.40. The number of carboxylic acid groups (broad SMARTS) is 1. The van der Waals surface area contributed by atoms with E-state index in [1.54, 1.807) is 13.2 Å². The van der Waals surface area contributed by atoms with E-state index in [4.69, 9.17) is 52.1 Å². The van der Waals surface area contributed by atoms with Gasteiger partial charge in [-0.15, -0.1) is 0 Å². The number of aliphatic hydroxyl groups is 16. The number of aromatic nitrogens is 1. The molecule has 39 nitrogen and oxygen atoms in total. The van der Waals surface area contributed by atoms with Gasteiger partial charge in [0.25, 0.3) is 5.79 Å². The van der Waals surface area contributed by atoms with Crippen molar-refractivity contribution in [3.8, 4) is 0 Å². The van der Waals surface area contributed by atoms with Crippen LogP contribution in [0.5, 0.6) is 0 Å². The Morgan fingerprint density at radius 2 is 1.13 bits per heavy atom. The van der Waals surface area contributed by atoms with E-state index < -0.39 is 259 Å². The predicted molar refractivity (Wildman–Crippen MR) is 380 cm³/mol. The molecule has 632 valence electrons. The fraction of sp³-hybridized carbons (Fsp3) is 0.841. The first-order chi connectivity index (χ1) is 52.5. The number of ether oxygens (including phenoxy) is 11. The largest absolute Gasteiger partial charge is 0.477 e. The van der Waals surface area contributed by atoms with Crippen LogP contribution in [0.25, 0.3) is 0 Å². The van der Waals surface area contributed by atoms with Gasteiger partial charge in [-0.05, 0) is 19.6 Å². The van der Waals surface area contributed by atoms with Gasteiger partial charge in [0, 0.05) is 33.1 Å². The number of carboxylic acids is 1. The minimum atomic E-state index is -3.42. The van der Waals surface area contributed by atoms with Gasteiger partial charge in [-0.2, -0.15) is 0 Å². The third-order valence-corrected chi connectivity index (χ3v) is 21.4. The number of aliphatic carboxylic acids is 1. The van der Waals surface area contributed by atoms with Crippen LogP contribution in [0.2, 0.25) is 0 Å². The van der Waals surface area contributed by atoms with E-state index in [-0.39, 0.29) is 23.7 Å². The van der Waals surface area contributed by atoms with Crippen LogP contribution in [0.3, 0.4) is 0 Å². The van der Waals surface area contributed by atoms with Crippen LogP contribution >= 0.6 is 23.1 Å². The minimum Gasteiger partial charge on any atom is -0.477 e. The van der Waals surface area contributed by atoms with Crippen molar-refractivity contribution in [1.29, 1.82) is 0 Å². The number of thioether (sulfide) groups is 1. The molecule has 4 amide bonds. The number of hydrogen-bond donors (Lipinski definition) is 21. The van der Waals surface area contributed by atoms with Gasteiger partial charge >= 0.3 is 11.9 Å². The summed E-state index contributed by atoms with van der Waals surface area (Å²) in [6, 6.07) is -5.12. The highest BCUT2D eigenvalue weighted by molar-refractivity contribution is 8.00. The molecule has 2 unspecified atom stereocenters. The summed E-state index contributed by atoms with van der Waals surface area (Å²) in [5.41, 5.74) is 0. The highest BCUT2D eigenvalue weighted by Crippen LogP contribution is 2.41. The van der Waals surface area contributed by atoms with Gasteiger partial charge in [0.15, 0.2) is 40.2 Å². The number of carbonyl (C=O) groups is 6. The molecule has 1 aromatic rings. The quantitative estimate of drug-likeness (QED) is 0.0127. The Morgan fingerprint density at radius 1 is 0.609 bits per heavy atom. The number of rotatable bonds is 46. The molecule has 5 aliphatic rings. The molecule has 0 aliphatic carbocycles. The Morgan fingerprint density at radius 3 is 1.69 bits per heavy atom. The third kappa shape index (κ3) is 26.3. The molecule has 21 N–H and O–H groups in total. The van der Waals surface area contributed by atoms with Crippen LogP contribution < -0.4 is 21.3 Å². The maximum absolute atomic E-state index is 13.8. The average Bonchev–Trinajstić information content (AvgIpc) is 0.873. The molecule has 6 rings (SSSR count). The monoisotopic (exact) mass is 1620 g/mol. The average molecular weight is 1620 g/mol. The number of aliphatic hydroxyl groups excluding tert-OH is 16. The van der Waals surface area contributed by atoms with Crippen molar-refractivity contribution < 1.29 is 168 Å². The summed E-state index contributed by atoms with van der Waals surface area (Å²) >= 11 is 2.23. The van der Waals surface area contributed by atoms with Crippen LogP contribution in [0.1, 0.15) is 153 Å². The van der Waals surface area contributed by atoms with E-state index in [0.717, 1.165) is 57.3 Å². The normalized spacial score (nSPS) is 33.8. The molecule has 0 spiro atoms. The lowest BCUT2D eigenvalue weighted by Gasteiger charge is -2.52. The number of nitrogens with one attached hydrogen (secondary N) is 4. The number of esters is 1. The maximum Gasteiger partial charge on any atom is 0.364 e. The van der Waals surface area contributed by atoms with E-state index >= 15 is 0 Å². The van der Waals surface area contributed by atoms with Crippen molar-refractivity contribution in [1.82, 2.24) is 20.9 Å². The van der Waals surface area contributed by atoms with Crippen molar-refractivity contribution in [3.63, 3.8) is 0 Å². The van der Waals surface area contributed by atoms with E-state index in [1.807, 2.05) is 0 Å². The van der Waals surface area contributed by atoms with Gasteiger partial charge in [0.2, 0.25) is 23.6 Å². The summed E-state index contributed by atoms with van der Waals surface area (Å²) in [4.78, 5) is 83.3. The summed E-state index contributed by atoms with van der Waals surface area (Å²) in [6.45, 7) is -0.666. The smallest absolute Gasteiger partial charge is 0.364 e. The first kappa shape index (κ1) is 94.4. The zero-order valence-corrected chi connectivity index (χ0v) is 63.9. The third-order valence-electron chi connectivity index (χ3n) is 19.4. The molecule has 0 aromatic carbocycles. The molecule has 5 fully saturated rings. The lowest BCUT2D eigenvalue weighted by Crippen LogP contribution is -2.72. The highest BCUT2D eigenvalue weighted by atomic mass is 32.2. The van der Waals surface area contributed by atoms with E-state index in [2.05, 4.69) is 33.2 Å². The molecule has 6 heterocycles.